The van der Waals surface area contributed by atoms with Crippen LogP contribution >= 0.6 is 0 Å². The third-order valence-corrected chi connectivity index (χ3v) is 23.2. The molecule has 6 aliphatic heterocycles. The number of nitrogens with two attached hydrogens (primary N) is 2. The SMILES string of the molecule is C.CC(/C=C/[C@@H]1C[C@]2(CO2)C[C@@H](CN)O1)=C\C[C@@H]1O[C@H](C)[C@H](NC(=O)/C=C\C(C)C)C[C@@H]1C.CC(/C=C/[C@@H]1C[C@]2(CO2)C[C@@H](CNC(=O)OCc2ccc(NC(=O)[C@H](CCCNC(N)=O)CC(=O)[C@@H](NC(=O)CCCCCNC(=O)OCC3c4ccccc4-c4ccccc43)C(C)C)cc2)O1)=C\C[C@@H]1O[C@H](C)[C@H](NC(=O)/C=C\C(C)C)C[C@@H]1C. The van der Waals surface area contributed by atoms with E-state index in [1.807, 2.05) is 71.0 Å². The Kier molecular flexibility index (Phi) is 37.6. The van der Waals surface area contributed by atoms with Gasteiger partial charge in [-0.1, -0.05) is 190 Å². The third kappa shape index (κ3) is 31.3. The van der Waals surface area contributed by atoms with Crippen LogP contribution < -0.4 is 48.7 Å². The summed E-state index contributed by atoms with van der Waals surface area (Å²) in [6, 6.07) is 21.6. The van der Waals surface area contributed by atoms with E-state index in [9.17, 15) is 38.4 Å². The number of primary amides is 1. The normalized spacial score (nSPS) is 26.5. The largest absolute Gasteiger partial charge is 0.449 e. The zero-order valence-corrected chi connectivity index (χ0v) is 71.5. The highest BCUT2D eigenvalue weighted by Gasteiger charge is 2.52. The molecule has 25 heteroatoms. The van der Waals surface area contributed by atoms with E-state index in [2.05, 4.69) is 146 Å². The lowest BCUT2D eigenvalue weighted by atomic mass is 9.88. The maximum atomic E-state index is 13.9. The van der Waals surface area contributed by atoms with Crippen molar-refractivity contribution in [2.45, 2.75) is 278 Å². The molecule has 2 spiro atoms. The summed E-state index contributed by atoms with van der Waals surface area (Å²) in [5, 5.41) is 20.2. The molecular formula is C94H137N9O16. The Balaban J connectivity index is 0.000000445. The molecule has 16 atom stereocenters. The van der Waals surface area contributed by atoms with Crippen molar-refractivity contribution in [1.82, 2.24) is 31.9 Å². The molecule has 0 saturated carbocycles. The zero-order chi connectivity index (χ0) is 85.1. The van der Waals surface area contributed by atoms with Gasteiger partial charge in [0.25, 0.3) is 0 Å². The number of nitrogens with one attached hydrogen (secondary N) is 7. The lowest BCUT2D eigenvalue weighted by Crippen LogP contribution is -2.50. The molecule has 10 rings (SSSR count). The number of rotatable bonds is 38. The van der Waals surface area contributed by atoms with Crippen molar-refractivity contribution in [3.8, 4) is 11.1 Å². The summed E-state index contributed by atoms with van der Waals surface area (Å²) in [5.41, 5.74) is 18.9. The number of anilines is 1. The summed E-state index contributed by atoms with van der Waals surface area (Å²) < 4.78 is 47.9. The van der Waals surface area contributed by atoms with Crippen molar-refractivity contribution in [2.75, 3.05) is 51.3 Å². The summed E-state index contributed by atoms with van der Waals surface area (Å²) in [7, 11) is 0. The molecule has 6 saturated heterocycles. The summed E-state index contributed by atoms with van der Waals surface area (Å²) in [6.45, 7) is 27.5. The molecule has 119 heavy (non-hydrogen) atoms. The highest BCUT2D eigenvalue weighted by Crippen LogP contribution is 2.46. The Hall–Kier alpha value is -8.82. The van der Waals surface area contributed by atoms with Crippen molar-refractivity contribution in [2.24, 2.45) is 47.0 Å². The number of unbranched alkanes of at least 4 members (excludes halogenated alkanes) is 2. The number of hydrogen-bond acceptors (Lipinski definition) is 17. The number of urea groups is 1. The topological polar surface area (TPSA) is 353 Å². The van der Waals surface area contributed by atoms with E-state index in [1.54, 1.807) is 36.4 Å². The lowest BCUT2D eigenvalue weighted by Gasteiger charge is -2.39. The number of fused-ring (bicyclic) bond motifs is 3. The molecule has 6 heterocycles. The molecule has 8 amide bonds. The van der Waals surface area contributed by atoms with E-state index in [0.29, 0.717) is 80.8 Å². The standard InChI is InChI=1S/C67H91N7O12.C26H42N2O4.CH4/c1-42(2)22-31-61(77)73-57-34-45(6)59(85-46(57)7)30-24-44(5)23-29-50-36-67(41-84-67)37-51(86-50)38-71-66(81)82-39-47-25-27-49(28-26-47)72-63(78)48(16-15-33-69-64(68)79)35-58(75)62(43(3)4)74-60(76)21-9-8-14-32-70-65(80)83-40-56-54-19-12-10-17-52(54)53-18-11-13-20-55(53)56;1-17(2)6-11-25(29)28-23-12-19(4)24(31-20(23)5)10-8-18(3)7-9-21-13-26(16-30-26)14-22(15-27)32-21;/h10-13,17-20,22-29,31,42-43,45-46,48,50-51,56-57,59,62H,8-9,14-16,21,30,32-41H2,1-7H3,(H,70,80)(H,71,81)(H,72,78)(H,73,77)(H,74,76)(H3,68,69,79);6-9,11,17,19-24H,10,12-16,27H2,1-5H3,(H,28,29);1H4/b29-23+,31-22-,44-24+;9-7+,11-6-,18-8+;/t45-,46+,48+,50+,51-,57+,59-,62-,67+;19-,20+,21+,22-,23+,24-,26+;/m00./s1. The van der Waals surface area contributed by atoms with Crippen LogP contribution in [0.15, 0.2) is 145 Å². The van der Waals surface area contributed by atoms with Gasteiger partial charge in [0.05, 0.1) is 91.4 Å². The fourth-order valence-corrected chi connectivity index (χ4v) is 16.2. The second-order valence-electron chi connectivity index (χ2n) is 34.6. The Morgan fingerprint density at radius 3 is 1.62 bits per heavy atom. The van der Waals surface area contributed by atoms with Gasteiger partial charge in [-0.25, -0.2) is 14.4 Å². The number of carbonyl (C=O) groups excluding carboxylic acids is 8. The number of ether oxygens (including phenoxy) is 8. The van der Waals surface area contributed by atoms with Crippen molar-refractivity contribution in [1.29, 1.82) is 0 Å². The smallest absolute Gasteiger partial charge is 0.407 e. The number of benzene rings is 3. The van der Waals surface area contributed by atoms with E-state index in [4.69, 9.17) is 49.4 Å². The van der Waals surface area contributed by atoms with Crippen LogP contribution in [-0.2, 0) is 68.5 Å². The van der Waals surface area contributed by atoms with Gasteiger partial charge in [0.2, 0.25) is 23.6 Å². The number of Topliss-reactive ketones (excluding diaryl/α,β-unsaturated/α-hetero) is 1. The molecule has 25 nitrogen and oxygen atoms in total. The monoisotopic (exact) mass is 1650 g/mol. The molecular weight excluding hydrogens is 1510 g/mol. The first-order valence-electron chi connectivity index (χ1n) is 43.0. The van der Waals surface area contributed by atoms with Gasteiger partial charge in [-0.3, -0.25) is 24.0 Å². The molecule has 3 aromatic rings. The Labute approximate surface area is 706 Å². The van der Waals surface area contributed by atoms with E-state index < -0.39 is 36.1 Å². The van der Waals surface area contributed by atoms with Crippen LogP contribution in [0.25, 0.3) is 11.1 Å². The average molecular weight is 1650 g/mol. The molecule has 1 aliphatic carbocycles. The molecule has 654 valence electrons. The van der Waals surface area contributed by atoms with Crippen LogP contribution in [0.4, 0.5) is 20.1 Å². The van der Waals surface area contributed by atoms with Crippen molar-refractivity contribution >= 4 is 53.3 Å². The number of ketones is 1. The molecule has 0 aromatic heterocycles. The number of alkyl carbamates (subject to hydrolysis) is 2. The second-order valence-corrected chi connectivity index (χ2v) is 34.6. The number of carbonyl (C=O) groups is 8. The van der Waals surface area contributed by atoms with Gasteiger partial charge < -0.3 is 86.6 Å². The molecule has 7 aliphatic rings. The minimum Gasteiger partial charge on any atom is -0.449 e. The van der Waals surface area contributed by atoms with Gasteiger partial charge in [0.1, 0.15) is 13.2 Å². The van der Waals surface area contributed by atoms with E-state index in [1.165, 1.54) is 5.57 Å². The first kappa shape index (κ1) is 95.6. The van der Waals surface area contributed by atoms with Crippen molar-refractivity contribution in [3.05, 3.63) is 161 Å². The summed E-state index contributed by atoms with van der Waals surface area (Å²) in [4.78, 5) is 102. The second kappa shape index (κ2) is 46.8. The number of allylic oxidation sites excluding steroid dienone is 6. The molecule has 6 fully saturated rings. The predicted octanol–water partition coefficient (Wildman–Crippen LogP) is 14.1. The van der Waals surface area contributed by atoms with E-state index >= 15 is 0 Å². The summed E-state index contributed by atoms with van der Waals surface area (Å²) in [5.74, 6) is -0.880. The van der Waals surface area contributed by atoms with Gasteiger partial charge in [0, 0.05) is 82.2 Å². The first-order chi connectivity index (χ1) is 56.4. The van der Waals surface area contributed by atoms with Crippen LogP contribution in [-0.4, -0.2) is 172 Å². The van der Waals surface area contributed by atoms with Crippen LogP contribution in [0, 0.1) is 35.5 Å². The molecule has 0 radical (unpaired) electrons. The Morgan fingerprint density at radius 1 is 0.597 bits per heavy atom. The van der Waals surface area contributed by atoms with E-state index in [-0.39, 0.29) is 166 Å². The highest BCUT2D eigenvalue weighted by molar-refractivity contribution is 5.97. The molecule has 0 bridgehead atoms. The average Bonchev–Trinajstić information content (AvgIpc) is 1.64. The highest BCUT2D eigenvalue weighted by atomic mass is 16.6. The molecule has 11 N–H and O–H groups in total. The minimum atomic E-state index is -0.831. The molecule has 0 unspecified atom stereocenters. The van der Waals surface area contributed by atoms with Crippen LogP contribution in [0.5, 0.6) is 0 Å². The van der Waals surface area contributed by atoms with E-state index in [0.717, 1.165) is 79.4 Å². The quantitative estimate of drug-likeness (QED) is 0.0111. The van der Waals surface area contributed by atoms with Gasteiger partial charge in [-0.05, 0) is 161 Å². The van der Waals surface area contributed by atoms with Crippen LogP contribution in [0.1, 0.15) is 209 Å². The Bertz CT molecular complexity index is 3970. The van der Waals surface area contributed by atoms with Crippen molar-refractivity contribution in [3.63, 3.8) is 0 Å². The van der Waals surface area contributed by atoms with Gasteiger partial charge in [-0.2, -0.15) is 0 Å². The van der Waals surface area contributed by atoms with Crippen LogP contribution in [0.2, 0.25) is 0 Å². The summed E-state index contributed by atoms with van der Waals surface area (Å²) >= 11 is 0. The van der Waals surface area contributed by atoms with Gasteiger partial charge >= 0.3 is 18.2 Å². The van der Waals surface area contributed by atoms with Crippen LogP contribution in [0.3, 0.4) is 0 Å². The first-order valence-corrected chi connectivity index (χ1v) is 43.0. The number of epoxide rings is 2. The number of hydrogen-bond donors (Lipinski definition) is 9. The fourth-order valence-electron chi connectivity index (χ4n) is 16.2. The Morgan fingerprint density at radius 2 is 1.11 bits per heavy atom. The third-order valence-electron chi connectivity index (χ3n) is 23.2. The van der Waals surface area contributed by atoms with Gasteiger partial charge in [0.15, 0.2) is 5.78 Å². The molecule has 3 aromatic carbocycles. The fraction of sp³-hybridized carbons (Fsp3) is 0.596. The maximum absolute atomic E-state index is 13.9. The van der Waals surface area contributed by atoms with Crippen molar-refractivity contribution < 1.29 is 76.3 Å². The van der Waals surface area contributed by atoms with Gasteiger partial charge in [-0.15, -0.1) is 0 Å². The summed E-state index contributed by atoms with van der Waals surface area (Å²) in [6.07, 6.45) is 27.6. The maximum Gasteiger partial charge on any atom is 0.407 e. The minimum absolute atomic E-state index is 0. The zero-order valence-electron chi connectivity index (χ0n) is 71.5. The lowest BCUT2D eigenvalue weighted by molar-refractivity contribution is -0.131. The predicted molar refractivity (Wildman–Crippen MR) is 464 cm³/mol. The number of amides is 8.